The van der Waals surface area contributed by atoms with Crippen molar-refractivity contribution in [2.75, 3.05) is 4.90 Å². The molecule has 0 unspecified atom stereocenters. The average Bonchev–Trinajstić information content (AvgIpc) is 3.55. The summed E-state index contributed by atoms with van der Waals surface area (Å²) in [7, 11) is 0. The number of aromatic nitrogens is 1. The van der Waals surface area contributed by atoms with Crippen LogP contribution >= 0.6 is 35.4 Å². The maximum Gasteiger partial charge on any atom is 0.174 e. The lowest BCUT2D eigenvalue weighted by atomic mass is 10.0. The number of nitrogens with one attached hydrogen (secondary N) is 1. The van der Waals surface area contributed by atoms with E-state index in [0.717, 1.165) is 34.2 Å². The first kappa shape index (κ1) is 24.5. The fraction of sp³-hybridized carbons (Fsp3) is 0.0667. The van der Waals surface area contributed by atoms with Crippen LogP contribution in [0.25, 0.3) is 11.3 Å². The van der Waals surface area contributed by atoms with Crippen molar-refractivity contribution in [2.45, 2.75) is 12.1 Å². The van der Waals surface area contributed by atoms with E-state index in [4.69, 9.17) is 44.6 Å². The van der Waals surface area contributed by atoms with E-state index in [2.05, 4.69) is 10.3 Å². The van der Waals surface area contributed by atoms with E-state index in [1.807, 2.05) is 95.9 Å². The van der Waals surface area contributed by atoms with Gasteiger partial charge in [-0.1, -0.05) is 47.5 Å². The smallest absolute Gasteiger partial charge is 0.174 e. The molecule has 1 N–H and O–H groups in total. The third kappa shape index (κ3) is 4.86. The van der Waals surface area contributed by atoms with Crippen molar-refractivity contribution >= 4 is 46.2 Å². The van der Waals surface area contributed by atoms with Crippen LogP contribution in [0.5, 0.6) is 11.5 Å². The van der Waals surface area contributed by atoms with Gasteiger partial charge in [-0.05, 0) is 91.1 Å². The van der Waals surface area contributed by atoms with Crippen LogP contribution in [0.1, 0.15) is 23.5 Å². The molecule has 5 nitrogen and oxygen atoms in total. The van der Waals surface area contributed by atoms with Gasteiger partial charge in [0.05, 0.1) is 16.8 Å². The van der Waals surface area contributed by atoms with Crippen molar-refractivity contribution < 1.29 is 9.15 Å². The summed E-state index contributed by atoms with van der Waals surface area (Å²) in [6, 6.07) is 32.0. The highest BCUT2D eigenvalue weighted by Crippen LogP contribution is 2.44. The Bertz CT molecular complexity index is 1580. The fourth-order valence-corrected chi connectivity index (χ4v) is 5.41. The van der Waals surface area contributed by atoms with E-state index < -0.39 is 0 Å². The zero-order valence-electron chi connectivity index (χ0n) is 19.9. The summed E-state index contributed by atoms with van der Waals surface area (Å²) in [4.78, 5) is 6.65. The summed E-state index contributed by atoms with van der Waals surface area (Å²) >= 11 is 18.4. The van der Waals surface area contributed by atoms with Crippen molar-refractivity contribution in [1.82, 2.24) is 10.3 Å². The van der Waals surface area contributed by atoms with Gasteiger partial charge in [-0.3, -0.25) is 4.98 Å². The molecule has 0 saturated carbocycles. The van der Waals surface area contributed by atoms with E-state index in [1.165, 1.54) is 0 Å². The Morgan fingerprint density at radius 1 is 0.842 bits per heavy atom. The van der Waals surface area contributed by atoms with Crippen LogP contribution < -0.4 is 15.0 Å². The van der Waals surface area contributed by atoms with Crippen LogP contribution in [-0.4, -0.2) is 10.1 Å². The van der Waals surface area contributed by atoms with Gasteiger partial charge in [0.1, 0.15) is 29.1 Å². The molecule has 0 radical (unpaired) electrons. The number of benzene rings is 3. The third-order valence-electron chi connectivity index (χ3n) is 6.31. The van der Waals surface area contributed by atoms with Gasteiger partial charge in [0.2, 0.25) is 0 Å². The van der Waals surface area contributed by atoms with E-state index in [0.29, 0.717) is 20.9 Å². The highest BCUT2D eigenvalue weighted by atomic mass is 35.5. The van der Waals surface area contributed by atoms with Gasteiger partial charge in [-0.15, -0.1) is 0 Å². The van der Waals surface area contributed by atoms with E-state index in [1.54, 1.807) is 18.3 Å². The molecule has 0 aliphatic carbocycles. The number of anilines is 1. The highest BCUT2D eigenvalue weighted by molar-refractivity contribution is 7.80. The van der Waals surface area contributed by atoms with E-state index in [-0.39, 0.29) is 12.1 Å². The van der Waals surface area contributed by atoms with Crippen molar-refractivity contribution in [3.63, 3.8) is 0 Å². The molecule has 2 atom stereocenters. The summed E-state index contributed by atoms with van der Waals surface area (Å²) in [5.41, 5.74) is 2.52. The number of furan rings is 1. The number of pyridine rings is 1. The quantitative estimate of drug-likeness (QED) is 0.211. The lowest BCUT2D eigenvalue weighted by molar-refractivity contribution is 0.439. The molecule has 3 aromatic carbocycles. The maximum atomic E-state index is 6.47. The number of thiocarbonyl (C=S) groups is 1. The minimum absolute atomic E-state index is 0.233. The molecular formula is C30H21Cl2N3O2S. The number of nitrogens with zero attached hydrogens (tertiary/aromatic N) is 2. The lowest BCUT2D eigenvalue weighted by Crippen LogP contribution is -2.29. The Balaban J connectivity index is 1.37. The fourth-order valence-electron chi connectivity index (χ4n) is 4.57. The average molecular weight is 558 g/mol. The first-order valence-electron chi connectivity index (χ1n) is 12.0. The summed E-state index contributed by atoms with van der Waals surface area (Å²) in [6.45, 7) is 0. The summed E-state index contributed by atoms with van der Waals surface area (Å²) in [5.74, 6) is 2.87. The van der Waals surface area contributed by atoms with Gasteiger partial charge in [-0.25, -0.2) is 0 Å². The standard InChI is InChI=1S/C30H21Cl2N3O2S/c31-19-9-14-23(24(32)18-19)26-15-16-27(37-26)29-28(25-8-4-5-17-33-25)34-30(38)35(29)20-10-12-22(13-11-20)36-21-6-2-1-3-7-21/h1-18,28-29H,(H,34,38)/t28-,29+/m1/s1. The Morgan fingerprint density at radius 2 is 1.61 bits per heavy atom. The normalized spacial score (nSPS) is 16.9. The third-order valence-corrected chi connectivity index (χ3v) is 7.17. The first-order valence-corrected chi connectivity index (χ1v) is 13.1. The van der Waals surface area contributed by atoms with Crippen molar-refractivity contribution in [3.05, 3.63) is 131 Å². The summed E-state index contributed by atoms with van der Waals surface area (Å²) in [6.07, 6.45) is 1.77. The Morgan fingerprint density at radius 3 is 2.34 bits per heavy atom. The molecule has 38 heavy (non-hydrogen) atoms. The number of hydrogen-bond acceptors (Lipinski definition) is 4. The van der Waals surface area contributed by atoms with Gasteiger partial charge in [0, 0.05) is 22.5 Å². The molecule has 0 bridgehead atoms. The second kappa shape index (κ2) is 10.5. The van der Waals surface area contributed by atoms with Crippen molar-refractivity contribution in [3.8, 4) is 22.8 Å². The summed E-state index contributed by atoms with van der Waals surface area (Å²) < 4.78 is 12.4. The number of ether oxygens (including phenoxy) is 1. The monoisotopic (exact) mass is 557 g/mol. The first-order chi connectivity index (χ1) is 18.6. The van der Waals surface area contributed by atoms with Crippen LogP contribution in [0.3, 0.4) is 0 Å². The highest BCUT2D eigenvalue weighted by Gasteiger charge is 2.42. The SMILES string of the molecule is S=C1N[C@H](c2ccccn2)[C@H](c2ccc(-c3ccc(Cl)cc3Cl)o2)N1c1ccc(Oc2ccccc2)cc1. The van der Waals surface area contributed by atoms with Gasteiger partial charge < -0.3 is 19.4 Å². The van der Waals surface area contributed by atoms with Crippen LogP contribution in [0.15, 0.2) is 114 Å². The van der Waals surface area contributed by atoms with E-state index in [9.17, 15) is 0 Å². The molecule has 8 heteroatoms. The number of para-hydroxylation sites is 1. The van der Waals surface area contributed by atoms with Gasteiger partial charge in [0.25, 0.3) is 0 Å². The second-order valence-corrected chi connectivity index (χ2v) is 9.96. The summed E-state index contributed by atoms with van der Waals surface area (Å²) in [5, 5.41) is 5.11. The molecular weight excluding hydrogens is 537 g/mol. The molecule has 1 aliphatic rings. The zero-order valence-corrected chi connectivity index (χ0v) is 22.3. The van der Waals surface area contributed by atoms with Gasteiger partial charge in [0.15, 0.2) is 5.11 Å². The Kier molecular flexibility index (Phi) is 6.77. The van der Waals surface area contributed by atoms with Gasteiger partial charge in [-0.2, -0.15) is 0 Å². The minimum atomic E-state index is -0.293. The maximum absolute atomic E-state index is 6.47. The molecule has 1 aliphatic heterocycles. The largest absolute Gasteiger partial charge is 0.459 e. The molecule has 1 fully saturated rings. The lowest BCUT2D eigenvalue weighted by Gasteiger charge is -2.26. The topological polar surface area (TPSA) is 50.5 Å². The van der Waals surface area contributed by atoms with Crippen LogP contribution in [0.2, 0.25) is 10.0 Å². The minimum Gasteiger partial charge on any atom is -0.459 e. The van der Waals surface area contributed by atoms with Crippen molar-refractivity contribution in [1.29, 1.82) is 0 Å². The molecule has 3 heterocycles. The van der Waals surface area contributed by atoms with Crippen LogP contribution in [-0.2, 0) is 0 Å². The molecule has 188 valence electrons. The van der Waals surface area contributed by atoms with Crippen LogP contribution in [0.4, 0.5) is 5.69 Å². The van der Waals surface area contributed by atoms with Crippen molar-refractivity contribution in [2.24, 2.45) is 0 Å². The second-order valence-electron chi connectivity index (χ2n) is 8.73. The zero-order chi connectivity index (χ0) is 26.1. The van der Waals surface area contributed by atoms with Crippen LogP contribution in [0, 0.1) is 0 Å². The van der Waals surface area contributed by atoms with Gasteiger partial charge >= 0.3 is 0 Å². The molecule has 5 aromatic rings. The molecule has 2 aromatic heterocycles. The Hall–Kier alpha value is -3.84. The predicted molar refractivity (Wildman–Crippen MR) is 155 cm³/mol. The number of hydrogen-bond donors (Lipinski definition) is 1. The molecule has 1 saturated heterocycles. The van der Waals surface area contributed by atoms with E-state index >= 15 is 0 Å². The number of halogens is 2. The number of rotatable bonds is 6. The molecule has 0 amide bonds. The molecule has 0 spiro atoms. The predicted octanol–water partition coefficient (Wildman–Crippen LogP) is 8.62. The molecule has 6 rings (SSSR count). The Labute approximate surface area is 235 Å².